The maximum absolute atomic E-state index is 12.8. The van der Waals surface area contributed by atoms with Gasteiger partial charge in [-0.3, -0.25) is 9.59 Å². The average molecular weight is 516 g/mol. The molecule has 0 spiro atoms. The third kappa shape index (κ3) is 7.06. The van der Waals surface area contributed by atoms with Gasteiger partial charge in [-0.25, -0.2) is 4.98 Å². The van der Waals surface area contributed by atoms with Crippen LogP contribution in [-0.4, -0.2) is 22.6 Å². The molecule has 2 N–H and O–H groups in total. The molecule has 0 saturated carbocycles. The predicted molar refractivity (Wildman–Crippen MR) is 134 cm³/mol. The number of benzene rings is 3. The highest BCUT2D eigenvalue weighted by atomic mass is 32.2. The molecule has 0 unspecified atom stereocenters. The van der Waals surface area contributed by atoms with Crippen LogP contribution in [0.5, 0.6) is 0 Å². The zero-order valence-electron chi connectivity index (χ0n) is 18.3. The fraction of sp³-hybridized carbons (Fsp3) is 0.160. The van der Waals surface area contributed by atoms with E-state index in [-0.39, 0.29) is 17.3 Å². The van der Waals surface area contributed by atoms with Gasteiger partial charge in [0.2, 0.25) is 11.8 Å². The van der Waals surface area contributed by atoms with Crippen LogP contribution in [-0.2, 0) is 22.2 Å². The van der Waals surface area contributed by atoms with E-state index < -0.39 is 17.6 Å². The van der Waals surface area contributed by atoms with Crippen molar-refractivity contribution in [1.29, 1.82) is 0 Å². The Bertz CT molecular complexity index is 1340. The number of anilines is 2. The number of carbonyl (C=O) groups excluding carboxylic acids is 2. The number of fused-ring (bicyclic) bond motifs is 1. The zero-order chi connectivity index (χ0) is 24.8. The number of halogens is 3. The first-order valence-electron chi connectivity index (χ1n) is 10.6. The van der Waals surface area contributed by atoms with Crippen molar-refractivity contribution in [3.05, 3.63) is 83.9 Å². The van der Waals surface area contributed by atoms with Gasteiger partial charge < -0.3 is 10.6 Å². The number of rotatable bonds is 8. The summed E-state index contributed by atoms with van der Waals surface area (Å²) < 4.78 is 40.0. The molecule has 0 atom stereocenters. The summed E-state index contributed by atoms with van der Waals surface area (Å²) in [6.45, 7) is 0. The van der Waals surface area contributed by atoms with Gasteiger partial charge in [0.1, 0.15) is 0 Å². The molecule has 2 amide bonds. The topological polar surface area (TPSA) is 71.1 Å². The molecule has 0 bridgehead atoms. The average Bonchev–Trinajstić information content (AvgIpc) is 3.24. The Hall–Kier alpha value is -3.37. The van der Waals surface area contributed by atoms with Crippen molar-refractivity contribution in [3.63, 3.8) is 0 Å². The second-order valence-corrected chi connectivity index (χ2v) is 9.86. The van der Waals surface area contributed by atoms with Crippen molar-refractivity contribution < 1.29 is 22.8 Å². The molecule has 10 heteroatoms. The van der Waals surface area contributed by atoms with E-state index in [1.54, 1.807) is 12.1 Å². The van der Waals surface area contributed by atoms with E-state index in [2.05, 4.69) is 15.6 Å². The van der Waals surface area contributed by atoms with E-state index in [1.165, 1.54) is 35.2 Å². The molecular weight excluding hydrogens is 495 g/mol. The van der Waals surface area contributed by atoms with Gasteiger partial charge in [0.25, 0.3) is 0 Å². The van der Waals surface area contributed by atoms with Crippen LogP contribution in [0, 0.1) is 0 Å². The van der Waals surface area contributed by atoms with Crippen molar-refractivity contribution in [2.24, 2.45) is 0 Å². The molecule has 0 aliphatic heterocycles. The van der Waals surface area contributed by atoms with E-state index in [1.807, 2.05) is 36.4 Å². The number of nitrogens with one attached hydrogen (secondary N) is 2. The molecule has 180 valence electrons. The Morgan fingerprint density at radius 1 is 0.886 bits per heavy atom. The molecule has 5 nitrogen and oxygen atoms in total. The fourth-order valence-corrected chi connectivity index (χ4v) is 5.17. The number of hydrogen-bond acceptors (Lipinski definition) is 5. The van der Waals surface area contributed by atoms with Crippen LogP contribution in [0.1, 0.15) is 17.5 Å². The van der Waals surface area contributed by atoms with Crippen LogP contribution in [0.2, 0.25) is 0 Å². The van der Waals surface area contributed by atoms with Gasteiger partial charge in [-0.1, -0.05) is 48.2 Å². The third-order valence-electron chi connectivity index (χ3n) is 4.94. The van der Waals surface area contributed by atoms with Crippen LogP contribution in [0.4, 0.5) is 24.5 Å². The van der Waals surface area contributed by atoms with Gasteiger partial charge in [-0.15, -0.1) is 11.3 Å². The largest absolute Gasteiger partial charge is 0.416 e. The second-order valence-electron chi connectivity index (χ2n) is 7.61. The SMILES string of the molecule is O=C(CCc1ccccc1)Nc1ccc2nc(SCC(=O)Nc3cccc(C(F)(F)F)c3)sc2c1. The van der Waals surface area contributed by atoms with Crippen molar-refractivity contribution in [3.8, 4) is 0 Å². The molecule has 0 aliphatic rings. The number of amides is 2. The van der Waals surface area contributed by atoms with Crippen LogP contribution in [0.15, 0.2) is 77.1 Å². The molecule has 4 aromatic rings. The summed E-state index contributed by atoms with van der Waals surface area (Å²) in [4.78, 5) is 29.0. The van der Waals surface area contributed by atoms with Crippen molar-refractivity contribution >= 4 is 56.5 Å². The number of thioether (sulfide) groups is 1. The Balaban J connectivity index is 1.31. The van der Waals surface area contributed by atoms with E-state index in [0.717, 1.165) is 27.9 Å². The zero-order valence-corrected chi connectivity index (χ0v) is 19.9. The summed E-state index contributed by atoms with van der Waals surface area (Å²) in [7, 11) is 0. The van der Waals surface area contributed by atoms with Crippen LogP contribution in [0.3, 0.4) is 0 Å². The first kappa shape index (κ1) is 24.7. The summed E-state index contributed by atoms with van der Waals surface area (Å²) in [5, 5.41) is 5.38. The molecule has 0 saturated heterocycles. The molecule has 1 heterocycles. The highest BCUT2D eigenvalue weighted by Gasteiger charge is 2.30. The Morgan fingerprint density at radius 2 is 1.63 bits per heavy atom. The number of carbonyl (C=O) groups is 2. The fourth-order valence-electron chi connectivity index (χ4n) is 3.27. The maximum atomic E-state index is 12.8. The molecule has 35 heavy (non-hydrogen) atoms. The lowest BCUT2D eigenvalue weighted by Gasteiger charge is -2.09. The minimum Gasteiger partial charge on any atom is -0.326 e. The van der Waals surface area contributed by atoms with Gasteiger partial charge in [-0.05, 0) is 48.4 Å². The van der Waals surface area contributed by atoms with Crippen LogP contribution < -0.4 is 10.6 Å². The van der Waals surface area contributed by atoms with Crippen molar-refractivity contribution in [2.45, 2.75) is 23.4 Å². The summed E-state index contributed by atoms with van der Waals surface area (Å²) >= 11 is 2.57. The Morgan fingerprint density at radius 3 is 2.40 bits per heavy atom. The summed E-state index contributed by atoms with van der Waals surface area (Å²) in [5.74, 6) is -0.516. The molecule has 1 aromatic heterocycles. The van der Waals surface area contributed by atoms with Gasteiger partial charge in [0.05, 0.1) is 21.5 Å². The van der Waals surface area contributed by atoms with Gasteiger partial charge in [0, 0.05) is 17.8 Å². The Kier molecular flexibility index (Phi) is 7.72. The maximum Gasteiger partial charge on any atom is 0.416 e. The number of aromatic nitrogens is 1. The lowest BCUT2D eigenvalue weighted by molar-refractivity contribution is -0.137. The molecule has 0 aliphatic carbocycles. The highest BCUT2D eigenvalue weighted by molar-refractivity contribution is 8.01. The third-order valence-corrected chi connectivity index (χ3v) is 7.10. The predicted octanol–water partition coefficient (Wildman–Crippen LogP) is 6.62. The first-order valence-corrected chi connectivity index (χ1v) is 12.4. The van der Waals surface area contributed by atoms with Gasteiger partial charge in [0.15, 0.2) is 4.34 Å². The van der Waals surface area contributed by atoms with E-state index in [4.69, 9.17) is 0 Å². The molecule has 3 aromatic carbocycles. The summed E-state index contributed by atoms with van der Waals surface area (Å²) in [6.07, 6.45) is -3.46. The number of thiazole rings is 1. The highest BCUT2D eigenvalue weighted by Crippen LogP contribution is 2.32. The first-order chi connectivity index (χ1) is 16.8. The number of aryl methyl sites for hydroxylation is 1. The number of nitrogens with zero attached hydrogens (tertiary/aromatic N) is 1. The van der Waals surface area contributed by atoms with Gasteiger partial charge in [-0.2, -0.15) is 13.2 Å². The van der Waals surface area contributed by atoms with Crippen molar-refractivity contribution in [1.82, 2.24) is 4.98 Å². The molecular formula is C25H20F3N3O2S2. The summed E-state index contributed by atoms with van der Waals surface area (Å²) in [6, 6.07) is 19.7. The minimum absolute atomic E-state index is 0.000847. The summed E-state index contributed by atoms with van der Waals surface area (Å²) in [5.41, 5.74) is 1.76. The number of alkyl halides is 3. The lowest BCUT2D eigenvalue weighted by atomic mass is 10.1. The molecule has 4 rings (SSSR count). The smallest absolute Gasteiger partial charge is 0.326 e. The van der Waals surface area contributed by atoms with Crippen molar-refractivity contribution in [2.75, 3.05) is 16.4 Å². The normalized spacial score (nSPS) is 11.4. The monoisotopic (exact) mass is 515 g/mol. The standard InChI is InChI=1S/C25H20F3N3O2S2/c26-25(27,28)17-7-4-8-18(13-17)30-23(33)15-34-24-31-20-11-10-19(14-21(20)35-24)29-22(32)12-9-16-5-2-1-3-6-16/h1-8,10-11,13-14H,9,12,15H2,(H,29,32)(H,30,33). The second kappa shape index (κ2) is 10.9. The van der Waals surface area contributed by atoms with E-state index in [0.29, 0.717) is 22.9 Å². The molecule has 0 radical (unpaired) electrons. The van der Waals surface area contributed by atoms with E-state index in [9.17, 15) is 22.8 Å². The minimum atomic E-state index is -4.48. The molecule has 0 fully saturated rings. The van der Waals surface area contributed by atoms with Crippen LogP contribution in [0.25, 0.3) is 10.2 Å². The quantitative estimate of drug-likeness (QED) is 0.259. The van der Waals surface area contributed by atoms with Gasteiger partial charge >= 0.3 is 6.18 Å². The van der Waals surface area contributed by atoms with Crippen LogP contribution >= 0.6 is 23.1 Å². The van der Waals surface area contributed by atoms with E-state index >= 15 is 0 Å². The lowest BCUT2D eigenvalue weighted by Crippen LogP contribution is -2.14. The Labute approximate surface area is 207 Å². The number of hydrogen-bond donors (Lipinski definition) is 2.